The second-order valence-electron chi connectivity index (χ2n) is 4.03. The lowest BCUT2D eigenvalue weighted by Gasteiger charge is -2.03. The van der Waals surface area contributed by atoms with Gasteiger partial charge in [0.2, 0.25) is 5.91 Å². The third-order valence-electron chi connectivity index (χ3n) is 2.43. The normalized spacial score (nSPS) is 10.3. The third kappa shape index (κ3) is 4.54. The standard InChI is InChI=1S/C14H13FN2O3S2/c1-2-20-13(19)10-7-22-14(16-10)17-12(18)8-21-11-6-4-3-5-9(11)15/h3-7H,2,8H2,1H3,(H,16,17,18). The SMILES string of the molecule is CCOC(=O)c1csc(NC(=O)CSc2ccccc2F)n1. The quantitative estimate of drug-likeness (QED) is 0.646. The molecule has 5 nitrogen and oxygen atoms in total. The van der Waals surface area contributed by atoms with Crippen molar-refractivity contribution in [1.82, 2.24) is 4.98 Å². The summed E-state index contributed by atoms with van der Waals surface area (Å²) in [5.41, 5.74) is 0.156. The van der Waals surface area contributed by atoms with E-state index in [0.29, 0.717) is 10.0 Å². The first-order valence-corrected chi connectivity index (χ1v) is 8.26. The fourth-order valence-corrected chi connectivity index (χ4v) is 2.93. The number of thiazole rings is 1. The number of anilines is 1. The highest BCUT2D eigenvalue weighted by Crippen LogP contribution is 2.22. The van der Waals surface area contributed by atoms with Gasteiger partial charge >= 0.3 is 5.97 Å². The summed E-state index contributed by atoms with van der Waals surface area (Å²) in [7, 11) is 0. The van der Waals surface area contributed by atoms with E-state index in [0.717, 1.165) is 23.1 Å². The summed E-state index contributed by atoms with van der Waals surface area (Å²) in [6.07, 6.45) is 0. The van der Waals surface area contributed by atoms with Crippen LogP contribution in [0.5, 0.6) is 0 Å². The highest BCUT2D eigenvalue weighted by Gasteiger charge is 2.13. The van der Waals surface area contributed by atoms with Crippen LogP contribution in [-0.2, 0) is 9.53 Å². The van der Waals surface area contributed by atoms with Crippen LogP contribution in [-0.4, -0.2) is 29.2 Å². The van der Waals surface area contributed by atoms with Gasteiger partial charge in [-0.3, -0.25) is 4.79 Å². The van der Waals surface area contributed by atoms with Gasteiger partial charge in [-0.25, -0.2) is 14.2 Å². The number of carbonyl (C=O) groups is 2. The summed E-state index contributed by atoms with van der Waals surface area (Å²) in [5, 5.41) is 4.39. The Bertz CT molecular complexity index is 676. The molecule has 0 spiro atoms. The minimum Gasteiger partial charge on any atom is -0.461 e. The van der Waals surface area contributed by atoms with E-state index in [1.54, 1.807) is 25.1 Å². The summed E-state index contributed by atoms with van der Waals surface area (Å²) in [5.74, 6) is -1.16. The molecule has 0 unspecified atom stereocenters. The van der Waals surface area contributed by atoms with E-state index in [-0.39, 0.29) is 29.8 Å². The Morgan fingerprint density at radius 1 is 1.41 bits per heavy atom. The van der Waals surface area contributed by atoms with Crippen molar-refractivity contribution in [2.45, 2.75) is 11.8 Å². The Kier molecular flexibility index (Phi) is 5.91. The first-order chi connectivity index (χ1) is 10.6. The molecule has 0 aliphatic rings. The first kappa shape index (κ1) is 16.4. The summed E-state index contributed by atoms with van der Waals surface area (Å²) < 4.78 is 18.2. The number of esters is 1. The fraction of sp³-hybridized carbons (Fsp3) is 0.214. The van der Waals surface area contributed by atoms with Gasteiger partial charge < -0.3 is 10.1 Å². The molecule has 0 aliphatic carbocycles. The van der Waals surface area contributed by atoms with Crippen molar-refractivity contribution >= 4 is 40.1 Å². The van der Waals surface area contributed by atoms with E-state index in [2.05, 4.69) is 10.3 Å². The van der Waals surface area contributed by atoms with Crippen molar-refractivity contribution in [2.75, 3.05) is 17.7 Å². The maximum atomic E-state index is 13.4. The Morgan fingerprint density at radius 3 is 2.91 bits per heavy atom. The maximum absolute atomic E-state index is 13.4. The van der Waals surface area contributed by atoms with Gasteiger partial charge in [0.15, 0.2) is 10.8 Å². The monoisotopic (exact) mass is 340 g/mol. The Balaban J connectivity index is 1.87. The van der Waals surface area contributed by atoms with Crippen molar-refractivity contribution in [3.05, 3.63) is 41.2 Å². The van der Waals surface area contributed by atoms with Crippen molar-refractivity contribution in [3.8, 4) is 0 Å². The molecule has 0 atom stereocenters. The highest BCUT2D eigenvalue weighted by atomic mass is 32.2. The Morgan fingerprint density at radius 2 is 2.18 bits per heavy atom. The predicted octanol–water partition coefficient (Wildman–Crippen LogP) is 3.19. The molecule has 1 aromatic carbocycles. The van der Waals surface area contributed by atoms with E-state index in [1.807, 2.05) is 0 Å². The Labute approximate surface area is 134 Å². The van der Waals surface area contributed by atoms with Crippen molar-refractivity contribution < 1.29 is 18.7 Å². The van der Waals surface area contributed by atoms with Gasteiger partial charge in [-0.2, -0.15) is 0 Å². The molecule has 0 bridgehead atoms. The lowest BCUT2D eigenvalue weighted by Crippen LogP contribution is -2.14. The van der Waals surface area contributed by atoms with E-state index in [9.17, 15) is 14.0 Å². The van der Waals surface area contributed by atoms with E-state index in [4.69, 9.17) is 4.74 Å². The van der Waals surface area contributed by atoms with Crippen molar-refractivity contribution in [2.24, 2.45) is 0 Å². The molecule has 0 saturated carbocycles. The van der Waals surface area contributed by atoms with Gasteiger partial charge in [0.1, 0.15) is 5.82 Å². The number of amides is 1. The van der Waals surface area contributed by atoms with Gasteiger partial charge in [-0.05, 0) is 19.1 Å². The maximum Gasteiger partial charge on any atom is 0.357 e. The number of halogens is 1. The van der Waals surface area contributed by atoms with Crippen LogP contribution in [0.3, 0.4) is 0 Å². The number of benzene rings is 1. The second kappa shape index (κ2) is 7.90. The van der Waals surface area contributed by atoms with Crippen LogP contribution in [0.1, 0.15) is 17.4 Å². The molecular weight excluding hydrogens is 327 g/mol. The molecule has 0 radical (unpaired) electrons. The van der Waals surface area contributed by atoms with E-state index in [1.165, 1.54) is 11.4 Å². The summed E-state index contributed by atoms with van der Waals surface area (Å²) in [6, 6.07) is 6.24. The summed E-state index contributed by atoms with van der Waals surface area (Å²) >= 11 is 2.22. The van der Waals surface area contributed by atoms with Gasteiger partial charge in [-0.15, -0.1) is 23.1 Å². The molecule has 1 heterocycles. The zero-order chi connectivity index (χ0) is 15.9. The van der Waals surface area contributed by atoms with Crippen LogP contribution >= 0.6 is 23.1 Å². The van der Waals surface area contributed by atoms with Crippen LogP contribution in [0, 0.1) is 5.82 Å². The van der Waals surface area contributed by atoms with Gasteiger partial charge in [0.05, 0.1) is 12.4 Å². The summed E-state index contributed by atoms with van der Waals surface area (Å²) in [6.45, 7) is 1.96. The molecule has 0 saturated heterocycles. The molecule has 22 heavy (non-hydrogen) atoms. The molecule has 1 aromatic heterocycles. The molecule has 0 aliphatic heterocycles. The number of nitrogens with zero attached hydrogens (tertiary/aromatic N) is 1. The zero-order valence-corrected chi connectivity index (χ0v) is 13.3. The molecule has 1 amide bonds. The molecule has 8 heteroatoms. The summed E-state index contributed by atoms with van der Waals surface area (Å²) in [4.78, 5) is 27.6. The van der Waals surface area contributed by atoms with Crippen molar-refractivity contribution in [3.63, 3.8) is 0 Å². The minimum atomic E-state index is -0.528. The first-order valence-electron chi connectivity index (χ1n) is 6.40. The number of hydrogen-bond acceptors (Lipinski definition) is 6. The highest BCUT2D eigenvalue weighted by molar-refractivity contribution is 8.00. The molecule has 2 rings (SSSR count). The van der Waals surface area contributed by atoms with Crippen LogP contribution < -0.4 is 5.32 Å². The third-order valence-corrected chi connectivity index (χ3v) is 4.24. The van der Waals surface area contributed by atoms with Gasteiger partial charge in [0.25, 0.3) is 0 Å². The number of aromatic nitrogens is 1. The van der Waals surface area contributed by atoms with Crippen LogP contribution in [0.2, 0.25) is 0 Å². The molecular formula is C14H13FN2O3S2. The molecule has 0 fully saturated rings. The number of carbonyl (C=O) groups excluding carboxylic acids is 2. The van der Waals surface area contributed by atoms with Gasteiger partial charge in [0, 0.05) is 10.3 Å². The number of ether oxygens (including phenoxy) is 1. The van der Waals surface area contributed by atoms with Crippen molar-refractivity contribution in [1.29, 1.82) is 0 Å². The lowest BCUT2D eigenvalue weighted by molar-refractivity contribution is -0.113. The number of rotatable bonds is 6. The average molecular weight is 340 g/mol. The zero-order valence-electron chi connectivity index (χ0n) is 11.7. The Hall–Kier alpha value is -1.93. The molecule has 1 N–H and O–H groups in total. The number of nitrogens with one attached hydrogen (secondary N) is 1. The number of thioether (sulfide) groups is 1. The van der Waals surface area contributed by atoms with Crippen LogP contribution in [0.25, 0.3) is 0 Å². The lowest BCUT2D eigenvalue weighted by atomic mass is 10.3. The smallest absolute Gasteiger partial charge is 0.357 e. The molecule has 116 valence electrons. The van der Waals surface area contributed by atoms with Crippen LogP contribution in [0.4, 0.5) is 9.52 Å². The number of hydrogen-bond donors (Lipinski definition) is 1. The minimum absolute atomic E-state index is 0.0508. The second-order valence-corrected chi connectivity index (χ2v) is 5.90. The predicted molar refractivity (Wildman–Crippen MR) is 83.8 cm³/mol. The van der Waals surface area contributed by atoms with E-state index >= 15 is 0 Å². The average Bonchev–Trinajstić information content (AvgIpc) is 2.95. The van der Waals surface area contributed by atoms with E-state index < -0.39 is 5.97 Å². The van der Waals surface area contributed by atoms with Crippen LogP contribution in [0.15, 0.2) is 34.5 Å². The topological polar surface area (TPSA) is 68.3 Å². The van der Waals surface area contributed by atoms with Gasteiger partial charge in [-0.1, -0.05) is 12.1 Å². The largest absolute Gasteiger partial charge is 0.461 e. The fourth-order valence-electron chi connectivity index (χ4n) is 1.49. The molecule has 2 aromatic rings.